The third kappa shape index (κ3) is 3.11. The molecule has 0 saturated carbocycles. The van der Waals surface area contributed by atoms with Gasteiger partial charge in [-0.3, -0.25) is 0 Å². The normalized spacial score (nSPS) is 24.0. The molecule has 2 heteroatoms. The van der Waals surface area contributed by atoms with Crippen LogP contribution in [0.3, 0.4) is 0 Å². The third-order valence-corrected chi connectivity index (χ3v) is 2.39. The van der Waals surface area contributed by atoms with Gasteiger partial charge in [0, 0.05) is 5.41 Å². The van der Waals surface area contributed by atoms with Crippen LogP contribution in [0.25, 0.3) is 0 Å². The van der Waals surface area contributed by atoms with Crippen molar-refractivity contribution >= 4 is 0 Å². The van der Waals surface area contributed by atoms with E-state index in [2.05, 4.69) is 20.8 Å². The van der Waals surface area contributed by atoms with Gasteiger partial charge in [0.1, 0.15) is 0 Å². The van der Waals surface area contributed by atoms with E-state index in [1.54, 1.807) is 0 Å². The number of likely N-dealkylation sites (tertiary alicyclic amines) is 1. The summed E-state index contributed by atoms with van der Waals surface area (Å²) < 4.78 is 0.0590. The van der Waals surface area contributed by atoms with Crippen molar-refractivity contribution in [1.82, 2.24) is 0 Å². The summed E-state index contributed by atoms with van der Waals surface area (Å²) in [7, 11) is 0. The summed E-state index contributed by atoms with van der Waals surface area (Å²) in [5.74, 6) is 0. The lowest BCUT2D eigenvalue weighted by Crippen LogP contribution is -2.50. The van der Waals surface area contributed by atoms with Crippen molar-refractivity contribution in [2.75, 3.05) is 19.6 Å². The number of hydroxylamine groups is 3. The van der Waals surface area contributed by atoms with Gasteiger partial charge in [-0.05, 0) is 19.3 Å². The molecule has 1 aliphatic heterocycles. The number of piperidine rings is 1. The lowest BCUT2D eigenvalue weighted by atomic mass is 9.94. The topological polar surface area (TPSA) is 23.1 Å². The summed E-state index contributed by atoms with van der Waals surface area (Å²) in [6.07, 6.45) is 3.51. The Labute approximate surface area is 75.7 Å². The first-order chi connectivity index (χ1) is 5.41. The zero-order chi connectivity index (χ0) is 9.24. The highest BCUT2D eigenvalue weighted by Crippen LogP contribution is 2.24. The molecule has 0 unspecified atom stereocenters. The van der Waals surface area contributed by atoms with Crippen molar-refractivity contribution in [3.8, 4) is 0 Å². The monoisotopic (exact) mass is 171 g/mol. The number of hydrogen-bond donors (Lipinski definition) is 0. The molecule has 1 rings (SSSR count). The van der Waals surface area contributed by atoms with E-state index in [9.17, 15) is 5.21 Å². The minimum atomic E-state index is 0.0590. The Bertz CT molecular complexity index is 142. The maximum atomic E-state index is 12.1. The van der Waals surface area contributed by atoms with Crippen LogP contribution in [-0.4, -0.2) is 24.3 Å². The van der Waals surface area contributed by atoms with Gasteiger partial charge in [-0.25, -0.2) is 0 Å². The van der Waals surface area contributed by atoms with Gasteiger partial charge in [0.15, 0.2) is 0 Å². The molecule has 0 atom stereocenters. The fraction of sp³-hybridized carbons (Fsp3) is 1.00. The molecular weight excluding hydrogens is 150 g/mol. The summed E-state index contributed by atoms with van der Waals surface area (Å²) in [6, 6.07) is 0. The Hall–Kier alpha value is -0.0800. The van der Waals surface area contributed by atoms with Gasteiger partial charge in [-0.1, -0.05) is 20.8 Å². The molecule has 0 spiro atoms. The summed E-state index contributed by atoms with van der Waals surface area (Å²) in [5, 5.41) is 12.1. The molecule has 0 aromatic rings. The van der Waals surface area contributed by atoms with Crippen LogP contribution in [0, 0.1) is 10.6 Å². The second kappa shape index (κ2) is 3.35. The van der Waals surface area contributed by atoms with Crippen molar-refractivity contribution in [3.05, 3.63) is 5.21 Å². The molecule has 0 radical (unpaired) electrons. The molecule has 72 valence electrons. The van der Waals surface area contributed by atoms with Crippen molar-refractivity contribution in [2.24, 2.45) is 5.41 Å². The van der Waals surface area contributed by atoms with Gasteiger partial charge in [0.05, 0.1) is 19.6 Å². The Kier molecular flexibility index (Phi) is 2.79. The highest BCUT2D eigenvalue weighted by Gasteiger charge is 2.26. The molecule has 0 aliphatic carbocycles. The summed E-state index contributed by atoms with van der Waals surface area (Å²) >= 11 is 0. The minimum Gasteiger partial charge on any atom is -0.633 e. The fourth-order valence-electron chi connectivity index (χ4n) is 2.11. The number of rotatable bonds is 1. The molecule has 12 heavy (non-hydrogen) atoms. The van der Waals surface area contributed by atoms with Crippen molar-refractivity contribution in [3.63, 3.8) is 0 Å². The summed E-state index contributed by atoms with van der Waals surface area (Å²) in [6.45, 7) is 8.93. The van der Waals surface area contributed by atoms with Crippen molar-refractivity contribution in [2.45, 2.75) is 40.0 Å². The van der Waals surface area contributed by atoms with Gasteiger partial charge in [-0.2, -0.15) is 0 Å². The van der Waals surface area contributed by atoms with Crippen LogP contribution in [0.2, 0.25) is 0 Å². The molecule has 0 aromatic carbocycles. The lowest BCUT2D eigenvalue weighted by molar-refractivity contribution is -0.891. The average Bonchev–Trinajstić information content (AvgIpc) is 1.83. The van der Waals surface area contributed by atoms with Crippen LogP contribution in [0.1, 0.15) is 40.0 Å². The largest absolute Gasteiger partial charge is 0.633 e. The van der Waals surface area contributed by atoms with E-state index in [0.29, 0.717) is 0 Å². The Morgan fingerprint density at radius 2 is 1.58 bits per heavy atom. The van der Waals surface area contributed by atoms with Crippen molar-refractivity contribution < 1.29 is 4.65 Å². The maximum Gasteiger partial charge on any atom is 0.0832 e. The summed E-state index contributed by atoms with van der Waals surface area (Å²) in [5.41, 5.74) is 0.180. The van der Waals surface area contributed by atoms with E-state index in [1.165, 1.54) is 6.42 Å². The fourth-order valence-corrected chi connectivity index (χ4v) is 2.11. The molecule has 0 amide bonds. The van der Waals surface area contributed by atoms with Crippen LogP contribution in [0.15, 0.2) is 0 Å². The summed E-state index contributed by atoms with van der Waals surface area (Å²) in [4.78, 5) is 0. The van der Waals surface area contributed by atoms with Crippen LogP contribution >= 0.6 is 0 Å². The minimum absolute atomic E-state index is 0.0590. The highest BCUT2D eigenvalue weighted by atomic mass is 16.5. The van der Waals surface area contributed by atoms with Crippen LogP contribution in [0.5, 0.6) is 0 Å². The van der Waals surface area contributed by atoms with E-state index in [4.69, 9.17) is 0 Å². The lowest BCUT2D eigenvalue weighted by Gasteiger charge is -2.48. The van der Waals surface area contributed by atoms with Gasteiger partial charge >= 0.3 is 0 Å². The smallest absolute Gasteiger partial charge is 0.0832 e. The van der Waals surface area contributed by atoms with Gasteiger partial charge < -0.3 is 9.85 Å². The van der Waals surface area contributed by atoms with Crippen molar-refractivity contribution in [1.29, 1.82) is 0 Å². The molecule has 1 heterocycles. The third-order valence-electron chi connectivity index (χ3n) is 2.39. The SMILES string of the molecule is CC(C)(C)C[N+]1([O-])CCCCC1. The predicted octanol–water partition coefficient (Wildman–Crippen LogP) is 2.53. The van der Waals surface area contributed by atoms with Gasteiger partial charge in [-0.15, -0.1) is 0 Å². The first kappa shape index (κ1) is 10.0. The molecule has 2 nitrogen and oxygen atoms in total. The second-order valence-corrected chi connectivity index (χ2v) is 5.28. The van der Waals surface area contributed by atoms with Gasteiger partial charge in [0.25, 0.3) is 0 Å². The zero-order valence-corrected chi connectivity index (χ0v) is 8.60. The number of nitrogens with zero attached hydrogens (tertiary/aromatic N) is 1. The highest BCUT2D eigenvalue weighted by molar-refractivity contribution is 4.64. The molecule has 1 aliphatic rings. The standard InChI is InChI=1S/C10H21NO/c1-10(2,3)9-11(12)7-5-4-6-8-11/h4-9H2,1-3H3. The molecule has 0 bridgehead atoms. The Balaban J connectivity index is 2.47. The van der Waals surface area contributed by atoms with E-state index >= 15 is 0 Å². The van der Waals surface area contributed by atoms with Gasteiger partial charge in [0.2, 0.25) is 0 Å². The van der Waals surface area contributed by atoms with E-state index in [1.807, 2.05) is 0 Å². The van der Waals surface area contributed by atoms with Crippen LogP contribution in [-0.2, 0) is 0 Å². The average molecular weight is 171 g/mol. The zero-order valence-electron chi connectivity index (χ0n) is 8.60. The van der Waals surface area contributed by atoms with E-state index in [0.717, 1.165) is 32.5 Å². The van der Waals surface area contributed by atoms with E-state index in [-0.39, 0.29) is 10.1 Å². The number of hydrogen-bond acceptors (Lipinski definition) is 1. The molecule has 0 N–H and O–H groups in total. The second-order valence-electron chi connectivity index (χ2n) is 5.28. The van der Waals surface area contributed by atoms with E-state index < -0.39 is 0 Å². The van der Waals surface area contributed by atoms with Crippen LogP contribution < -0.4 is 0 Å². The molecule has 1 saturated heterocycles. The molecule has 1 fully saturated rings. The molecular formula is C10H21NO. The molecule has 0 aromatic heterocycles. The Morgan fingerprint density at radius 1 is 1.08 bits per heavy atom. The maximum absolute atomic E-state index is 12.1. The quantitative estimate of drug-likeness (QED) is 0.439. The first-order valence-electron chi connectivity index (χ1n) is 4.98. The first-order valence-corrected chi connectivity index (χ1v) is 4.98. The number of quaternary nitrogens is 1. The Morgan fingerprint density at radius 3 is 2.00 bits per heavy atom. The predicted molar refractivity (Wildman–Crippen MR) is 51.5 cm³/mol. The van der Waals surface area contributed by atoms with Crippen LogP contribution in [0.4, 0.5) is 0 Å².